The summed E-state index contributed by atoms with van der Waals surface area (Å²) in [6, 6.07) is 0. The van der Waals surface area contributed by atoms with Gasteiger partial charge in [0.2, 0.25) is 0 Å². The molecule has 6 heteroatoms. The normalized spacial score (nSPS) is 47.5. The molecule has 5 nitrogen and oxygen atoms in total. The molecule has 0 unspecified atom stereocenters. The zero-order chi connectivity index (χ0) is 20.5. The molecule has 3 saturated carbocycles. The maximum absolute atomic E-state index is 11.3. The molecule has 0 aliphatic heterocycles. The number of hydrogen-bond acceptors (Lipinski definition) is 5. The average molecular weight is 410 g/mol. The lowest BCUT2D eigenvalue weighted by atomic mass is 9.46. The highest BCUT2D eigenvalue weighted by Gasteiger charge is 2.62. The van der Waals surface area contributed by atoms with Crippen molar-refractivity contribution in [2.75, 3.05) is 6.26 Å². The van der Waals surface area contributed by atoms with Gasteiger partial charge < -0.3 is 5.11 Å². The summed E-state index contributed by atoms with van der Waals surface area (Å²) in [6.07, 6.45) is 9.38. The average Bonchev–Trinajstić information content (AvgIpc) is 2.83. The van der Waals surface area contributed by atoms with E-state index in [1.807, 2.05) is 0 Å². The molecule has 28 heavy (non-hydrogen) atoms. The molecule has 0 heterocycles. The molecule has 1 N–H and O–H groups in total. The summed E-state index contributed by atoms with van der Waals surface area (Å²) >= 11 is 0. The lowest BCUT2D eigenvalue weighted by molar-refractivity contribution is -0.117. The molecule has 3 fully saturated rings. The third kappa shape index (κ3) is 2.89. The first-order valence-corrected chi connectivity index (χ1v) is 12.6. The highest BCUT2D eigenvalue weighted by Crippen LogP contribution is 2.67. The van der Waals surface area contributed by atoms with Crippen LogP contribution in [-0.4, -0.2) is 31.1 Å². The SMILES string of the molecule is CC1=C2CC[C@@H]3[C@H](CC[C@@]4(C)[C@H]3CC[C@]4(C)O)[C@@]2(C)CC/C1=N\OS(C)(=O)=O. The van der Waals surface area contributed by atoms with Crippen molar-refractivity contribution in [3.05, 3.63) is 11.1 Å². The van der Waals surface area contributed by atoms with Crippen molar-refractivity contribution in [1.82, 2.24) is 0 Å². The molecule has 0 aromatic carbocycles. The van der Waals surface area contributed by atoms with Crippen LogP contribution in [0.1, 0.15) is 79.1 Å². The zero-order valence-corrected chi connectivity index (χ0v) is 18.7. The van der Waals surface area contributed by atoms with E-state index in [1.54, 1.807) is 0 Å². The summed E-state index contributed by atoms with van der Waals surface area (Å²) < 4.78 is 27.4. The Labute approximate surface area is 169 Å². The van der Waals surface area contributed by atoms with Crippen molar-refractivity contribution >= 4 is 15.8 Å². The fourth-order valence-corrected chi connectivity index (χ4v) is 7.69. The van der Waals surface area contributed by atoms with Gasteiger partial charge in [0.25, 0.3) is 0 Å². The highest BCUT2D eigenvalue weighted by molar-refractivity contribution is 7.85. The second-order valence-corrected chi connectivity index (χ2v) is 12.1. The molecule has 0 bridgehead atoms. The molecule has 0 aromatic heterocycles. The van der Waals surface area contributed by atoms with Crippen LogP contribution in [0.25, 0.3) is 0 Å². The topological polar surface area (TPSA) is 76.0 Å². The Morgan fingerprint density at radius 1 is 1.04 bits per heavy atom. The van der Waals surface area contributed by atoms with Gasteiger partial charge in [-0.2, -0.15) is 8.42 Å². The lowest BCUT2D eigenvalue weighted by Gasteiger charge is -2.59. The van der Waals surface area contributed by atoms with Gasteiger partial charge in [0.1, 0.15) is 0 Å². The molecule has 4 aliphatic rings. The predicted molar refractivity (Wildman–Crippen MR) is 110 cm³/mol. The van der Waals surface area contributed by atoms with Crippen molar-refractivity contribution in [1.29, 1.82) is 0 Å². The van der Waals surface area contributed by atoms with E-state index in [4.69, 9.17) is 4.28 Å². The minimum atomic E-state index is -3.57. The third-order valence-corrected chi connectivity index (χ3v) is 9.63. The number of nitrogens with zero attached hydrogens (tertiary/aromatic N) is 1. The maximum atomic E-state index is 11.3. The predicted octanol–water partition coefficient (Wildman–Crippen LogP) is 4.42. The van der Waals surface area contributed by atoms with E-state index in [0.29, 0.717) is 17.8 Å². The maximum Gasteiger partial charge on any atom is 0.325 e. The summed E-state index contributed by atoms with van der Waals surface area (Å²) in [5.41, 5.74) is 3.07. The lowest BCUT2D eigenvalue weighted by Crippen LogP contribution is -2.54. The number of aliphatic hydroxyl groups is 1. The minimum absolute atomic E-state index is 0.0470. The van der Waals surface area contributed by atoms with Crippen LogP contribution in [0.4, 0.5) is 0 Å². The van der Waals surface area contributed by atoms with Gasteiger partial charge in [-0.05, 0) is 99.4 Å². The molecule has 158 valence electrons. The van der Waals surface area contributed by atoms with E-state index in [9.17, 15) is 13.5 Å². The summed E-state index contributed by atoms with van der Waals surface area (Å²) in [4.78, 5) is 0. The molecule has 0 amide bonds. The van der Waals surface area contributed by atoms with E-state index in [-0.39, 0.29) is 10.8 Å². The Hall–Kier alpha value is -0.880. The first kappa shape index (κ1) is 20.4. The van der Waals surface area contributed by atoms with Gasteiger partial charge in [-0.1, -0.05) is 24.6 Å². The van der Waals surface area contributed by atoms with Gasteiger partial charge in [0.05, 0.1) is 17.6 Å². The third-order valence-electron chi connectivity index (χ3n) is 9.28. The van der Waals surface area contributed by atoms with Crippen LogP contribution < -0.4 is 0 Å². The van der Waals surface area contributed by atoms with Crippen molar-refractivity contribution < 1.29 is 17.8 Å². The van der Waals surface area contributed by atoms with Gasteiger partial charge in [0.15, 0.2) is 0 Å². The summed E-state index contributed by atoms with van der Waals surface area (Å²) in [5, 5.41) is 15.0. The molecule has 0 spiro atoms. The largest absolute Gasteiger partial charge is 0.390 e. The van der Waals surface area contributed by atoms with Crippen LogP contribution in [0.2, 0.25) is 0 Å². The molecule has 0 aromatic rings. The first-order chi connectivity index (χ1) is 12.9. The Morgan fingerprint density at radius 3 is 2.39 bits per heavy atom. The van der Waals surface area contributed by atoms with E-state index in [1.165, 1.54) is 18.4 Å². The van der Waals surface area contributed by atoms with Crippen LogP contribution in [0.3, 0.4) is 0 Å². The van der Waals surface area contributed by atoms with Gasteiger partial charge in [-0.25, -0.2) is 0 Å². The Balaban J connectivity index is 1.65. The number of rotatable bonds is 2. The zero-order valence-electron chi connectivity index (χ0n) is 17.9. The van der Waals surface area contributed by atoms with Crippen molar-refractivity contribution in [2.45, 2.75) is 84.7 Å². The second kappa shape index (κ2) is 6.31. The molecular weight excluding hydrogens is 374 g/mol. The molecule has 6 atom stereocenters. The quantitative estimate of drug-likeness (QED) is 0.685. The molecular formula is C22H35NO4S. The van der Waals surface area contributed by atoms with E-state index >= 15 is 0 Å². The monoisotopic (exact) mass is 409 g/mol. The molecule has 0 saturated heterocycles. The Bertz CT molecular complexity index is 843. The minimum Gasteiger partial charge on any atom is -0.390 e. The number of hydrogen-bond donors (Lipinski definition) is 1. The van der Waals surface area contributed by atoms with E-state index in [2.05, 4.69) is 32.9 Å². The van der Waals surface area contributed by atoms with Gasteiger partial charge in [-0.15, -0.1) is 0 Å². The fraction of sp³-hybridized carbons (Fsp3) is 0.864. The van der Waals surface area contributed by atoms with Crippen LogP contribution in [0.15, 0.2) is 16.3 Å². The number of oxime groups is 1. The van der Waals surface area contributed by atoms with Crippen molar-refractivity contribution in [2.24, 2.45) is 33.7 Å². The van der Waals surface area contributed by atoms with Crippen LogP contribution in [0.5, 0.6) is 0 Å². The molecule has 0 radical (unpaired) electrons. The molecule has 4 aliphatic carbocycles. The first-order valence-electron chi connectivity index (χ1n) is 10.8. The standard InChI is InChI=1S/C22H35NO4S/c1-14-16-7-6-15-17(8-12-21(3)18(15)9-13-22(21,4)24)20(16,2)11-10-19(14)23-27-28(5,25)26/h15,17-18,24H,6-13H2,1-5H3/b23-19+/t15-,17+,18+,20+,21+,22+/m1/s1. The van der Waals surface area contributed by atoms with Gasteiger partial charge in [-0.3, -0.25) is 4.28 Å². The van der Waals surface area contributed by atoms with Gasteiger partial charge >= 0.3 is 10.1 Å². The summed E-state index contributed by atoms with van der Waals surface area (Å²) in [7, 11) is -3.57. The Kier molecular flexibility index (Phi) is 4.59. The highest BCUT2D eigenvalue weighted by atomic mass is 32.2. The van der Waals surface area contributed by atoms with Crippen LogP contribution in [-0.2, 0) is 14.4 Å². The van der Waals surface area contributed by atoms with Crippen LogP contribution in [0, 0.1) is 28.6 Å². The summed E-state index contributed by atoms with van der Waals surface area (Å²) in [5.74, 6) is 1.94. The smallest absolute Gasteiger partial charge is 0.325 e. The number of fused-ring (bicyclic) bond motifs is 5. The second-order valence-electron chi connectivity index (χ2n) is 10.5. The number of allylic oxidation sites excluding steroid dienone is 2. The van der Waals surface area contributed by atoms with E-state index in [0.717, 1.165) is 56.1 Å². The Morgan fingerprint density at radius 2 is 1.71 bits per heavy atom. The fourth-order valence-electron chi connectivity index (χ4n) is 7.46. The molecule has 4 rings (SSSR count). The van der Waals surface area contributed by atoms with E-state index < -0.39 is 15.7 Å². The van der Waals surface area contributed by atoms with Crippen molar-refractivity contribution in [3.63, 3.8) is 0 Å². The van der Waals surface area contributed by atoms with Gasteiger partial charge in [0, 0.05) is 0 Å². The summed E-state index contributed by atoms with van der Waals surface area (Å²) in [6.45, 7) is 8.89. The van der Waals surface area contributed by atoms with Crippen molar-refractivity contribution in [3.8, 4) is 0 Å². The van der Waals surface area contributed by atoms with Crippen LogP contribution >= 0.6 is 0 Å².